The monoisotopic (exact) mass is 341 g/mol. The number of hydrogen-bond acceptors (Lipinski definition) is 4. The van der Waals surface area contributed by atoms with Gasteiger partial charge in [0.05, 0.1) is 12.2 Å². The molecular weight excluding hydrogens is 314 g/mol. The first kappa shape index (κ1) is 18.2. The molecule has 0 unspecified atom stereocenters. The van der Waals surface area contributed by atoms with Gasteiger partial charge in [-0.2, -0.15) is 0 Å². The van der Waals surface area contributed by atoms with E-state index in [4.69, 9.17) is 0 Å². The van der Waals surface area contributed by atoms with E-state index in [-0.39, 0.29) is 18.3 Å². The fraction of sp³-hybridized carbons (Fsp3) is 0.812. The van der Waals surface area contributed by atoms with Crippen molar-refractivity contribution in [2.45, 2.75) is 45.6 Å². The third-order valence-electron chi connectivity index (χ3n) is 5.18. The van der Waals surface area contributed by atoms with Gasteiger partial charge in [-0.3, -0.25) is 4.79 Å². The number of likely N-dealkylation sites (tertiary alicyclic amines) is 1. The van der Waals surface area contributed by atoms with Gasteiger partial charge in [0.1, 0.15) is 0 Å². The fourth-order valence-electron chi connectivity index (χ4n) is 3.56. The second-order valence-corrected chi connectivity index (χ2v) is 6.94. The average molecular weight is 342 g/mol. The van der Waals surface area contributed by atoms with Crippen LogP contribution in [0.2, 0.25) is 0 Å². The molecule has 1 aromatic rings. The van der Waals surface area contributed by atoms with Gasteiger partial charge in [-0.15, -0.1) is 17.5 Å². The lowest BCUT2D eigenvalue weighted by Gasteiger charge is -2.33. The van der Waals surface area contributed by atoms with Gasteiger partial charge in [0.15, 0.2) is 5.69 Å². The third kappa shape index (κ3) is 4.23. The van der Waals surface area contributed by atoms with Crippen LogP contribution in [0.5, 0.6) is 0 Å². The molecule has 1 N–H and O–H groups in total. The Morgan fingerprint density at radius 1 is 1.22 bits per heavy atom. The van der Waals surface area contributed by atoms with Gasteiger partial charge in [-0.05, 0) is 50.6 Å². The molecule has 23 heavy (non-hydrogen) atoms. The number of carbonyl (C=O) groups excluding carboxylic acids is 1. The Labute approximate surface area is 144 Å². The van der Waals surface area contributed by atoms with Crippen molar-refractivity contribution in [2.75, 3.05) is 26.2 Å². The van der Waals surface area contributed by atoms with E-state index < -0.39 is 0 Å². The molecular formula is C16H28ClN5O. The fourth-order valence-corrected chi connectivity index (χ4v) is 3.56. The molecule has 2 aliphatic rings. The van der Waals surface area contributed by atoms with Gasteiger partial charge in [-0.1, -0.05) is 19.1 Å². The zero-order valence-corrected chi connectivity index (χ0v) is 14.9. The number of hydrogen-bond donors (Lipinski definition) is 1. The molecule has 1 amide bonds. The summed E-state index contributed by atoms with van der Waals surface area (Å²) >= 11 is 0. The first-order valence-corrected chi connectivity index (χ1v) is 8.57. The lowest BCUT2D eigenvalue weighted by atomic mass is 9.86. The molecule has 3 heterocycles. The highest BCUT2D eigenvalue weighted by Gasteiger charge is 2.27. The van der Waals surface area contributed by atoms with Gasteiger partial charge in [-0.25, -0.2) is 4.68 Å². The Hall–Kier alpha value is -1.14. The zero-order valence-electron chi connectivity index (χ0n) is 14.1. The molecule has 0 aliphatic carbocycles. The number of rotatable bonds is 3. The van der Waals surface area contributed by atoms with E-state index in [1.54, 1.807) is 0 Å². The molecule has 3 rings (SSSR count). The van der Waals surface area contributed by atoms with Crippen molar-refractivity contribution in [3.05, 3.63) is 11.9 Å². The van der Waals surface area contributed by atoms with Gasteiger partial charge < -0.3 is 10.2 Å². The number of halogens is 1. The van der Waals surface area contributed by atoms with Crippen LogP contribution in [0.25, 0.3) is 0 Å². The maximum Gasteiger partial charge on any atom is 0.276 e. The number of piperidine rings is 2. The lowest BCUT2D eigenvalue weighted by molar-refractivity contribution is 0.0661. The predicted octanol–water partition coefficient (Wildman–Crippen LogP) is 2.13. The van der Waals surface area contributed by atoms with E-state index in [1.807, 2.05) is 15.8 Å². The van der Waals surface area contributed by atoms with Crippen LogP contribution in [0.1, 0.15) is 56.1 Å². The van der Waals surface area contributed by atoms with Crippen LogP contribution in [-0.4, -0.2) is 52.0 Å². The summed E-state index contributed by atoms with van der Waals surface area (Å²) < 4.78 is 1.88. The van der Waals surface area contributed by atoms with E-state index in [2.05, 4.69) is 29.5 Å². The molecule has 2 fully saturated rings. The highest BCUT2D eigenvalue weighted by atomic mass is 35.5. The summed E-state index contributed by atoms with van der Waals surface area (Å²) in [5.41, 5.74) is 0.501. The molecule has 7 heteroatoms. The summed E-state index contributed by atoms with van der Waals surface area (Å²) in [5, 5.41) is 11.7. The standard InChI is InChI=1S/C16H27N5O.ClH/c1-12(2)13-5-9-20(10-6-13)16(22)15-11-21(19-18-15)14-3-7-17-8-4-14;/h11-14,17H,3-10H2,1-2H3;1H. The quantitative estimate of drug-likeness (QED) is 0.914. The largest absolute Gasteiger partial charge is 0.337 e. The minimum atomic E-state index is 0. The molecule has 1 aromatic heterocycles. The van der Waals surface area contributed by atoms with E-state index >= 15 is 0 Å². The highest BCUT2D eigenvalue weighted by molar-refractivity contribution is 5.92. The Balaban J connectivity index is 0.00000192. The van der Waals surface area contributed by atoms with Crippen molar-refractivity contribution in [1.82, 2.24) is 25.2 Å². The van der Waals surface area contributed by atoms with Crippen LogP contribution < -0.4 is 5.32 Å². The molecule has 0 aromatic carbocycles. The number of nitrogens with one attached hydrogen (secondary N) is 1. The van der Waals surface area contributed by atoms with Gasteiger partial charge in [0.2, 0.25) is 0 Å². The highest BCUT2D eigenvalue weighted by Crippen LogP contribution is 2.25. The molecule has 2 saturated heterocycles. The topological polar surface area (TPSA) is 63.1 Å². The summed E-state index contributed by atoms with van der Waals surface area (Å²) in [4.78, 5) is 14.5. The smallest absolute Gasteiger partial charge is 0.276 e. The van der Waals surface area contributed by atoms with Crippen LogP contribution in [0, 0.1) is 11.8 Å². The van der Waals surface area contributed by atoms with E-state index in [0.29, 0.717) is 17.7 Å². The number of amides is 1. The molecule has 6 nitrogen and oxygen atoms in total. The predicted molar refractivity (Wildman–Crippen MR) is 91.9 cm³/mol. The number of aromatic nitrogens is 3. The number of nitrogens with zero attached hydrogens (tertiary/aromatic N) is 4. The second-order valence-electron chi connectivity index (χ2n) is 6.94. The van der Waals surface area contributed by atoms with Crippen LogP contribution in [-0.2, 0) is 0 Å². The van der Waals surface area contributed by atoms with Crippen LogP contribution in [0.3, 0.4) is 0 Å². The van der Waals surface area contributed by atoms with Crippen molar-refractivity contribution in [3.8, 4) is 0 Å². The summed E-state index contributed by atoms with van der Waals surface area (Å²) in [6.45, 7) is 8.26. The third-order valence-corrected chi connectivity index (χ3v) is 5.18. The first-order chi connectivity index (χ1) is 10.6. The summed E-state index contributed by atoms with van der Waals surface area (Å²) in [7, 11) is 0. The van der Waals surface area contributed by atoms with Crippen LogP contribution in [0.4, 0.5) is 0 Å². The van der Waals surface area contributed by atoms with Crippen molar-refractivity contribution in [3.63, 3.8) is 0 Å². The molecule has 0 spiro atoms. The summed E-state index contributed by atoms with van der Waals surface area (Å²) in [6, 6.07) is 0.377. The molecule has 0 bridgehead atoms. The van der Waals surface area contributed by atoms with E-state index in [1.165, 1.54) is 0 Å². The zero-order chi connectivity index (χ0) is 15.5. The average Bonchev–Trinajstić information content (AvgIpc) is 3.05. The SMILES string of the molecule is CC(C)C1CCN(C(=O)c2cn(C3CCNCC3)nn2)CC1.Cl. The van der Waals surface area contributed by atoms with Gasteiger partial charge in [0.25, 0.3) is 5.91 Å². The van der Waals surface area contributed by atoms with Gasteiger partial charge in [0, 0.05) is 13.1 Å². The normalized spacial score (nSPS) is 20.6. The van der Waals surface area contributed by atoms with E-state index in [9.17, 15) is 4.79 Å². The maximum atomic E-state index is 12.6. The lowest BCUT2D eigenvalue weighted by Crippen LogP contribution is -2.39. The minimum absolute atomic E-state index is 0. The Morgan fingerprint density at radius 3 is 2.48 bits per heavy atom. The van der Waals surface area contributed by atoms with Crippen LogP contribution >= 0.6 is 12.4 Å². The Kier molecular flexibility index (Phi) is 6.41. The summed E-state index contributed by atoms with van der Waals surface area (Å²) in [5.74, 6) is 1.50. The molecule has 0 atom stereocenters. The Morgan fingerprint density at radius 2 is 1.87 bits per heavy atom. The van der Waals surface area contributed by atoms with Crippen molar-refractivity contribution >= 4 is 18.3 Å². The maximum absolute atomic E-state index is 12.6. The Bertz CT molecular complexity index is 504. The van der Waals surface area contributed by atoms with Gasteiger partial charge >= 0.3 is 0 Å². The second kappa shape index (κ2) is 8.11. The molecule has 0 radical (unpaired) electrons. The van der Waals surface area contributed by atoms with Crippen molar-refractivity contribution in [1.29, 1.82) is 0 Å². The molecule has 2 aliphatic heterocycles. The molecule has 0 saturated carbocycles. The van der Waals surface area contributed by atoms with Crippen molar-refractivity contribution < 1.29 is 4.79 Å². The number of carbonyl (C=O) groups is 1. The molecule has 130 valence electrons. The summed E-state index contributed by atoms with van der Waals surface area (Å²) in [6.07, 6.45) is 6.15. The first-order valence-electron chi connectivity index (χ1n) is 8.57. The minimum Gasteiger partial charge on any atom is -0.337 e. The van der Waals surface area contributed by atoms with Crippen molar-refractivity contribution in [2.24, 2.45) is 11.8 Å². The van der Waals surface area contributed by atoms with E-state index in [0.717, 1.165) is 57.8 Å². The van der Waals surface area contributed by atoms with Crippen LogP contribution in [0.15, 0.2) is 6.20 Å².